The van der Waals surface area contributed by atoms with Crippen molar-refractivity contribution < 1.29 is 49.4 Å². The Kier molecular flexibility index (Phi) is 7.20. The number of likely N-dealkylation sites (tertiary alicyclic amines) is 2. The van der Waals surface area contributed by atoms with Gasteiger partial charge in [-0.25, -0.2) is 0 Å². The first-order valence-electron chi connectivity index (χ1n) is 10.7. The molecular weight excluding hydrogens is 428 g/mol. The highest BCUT2D eigenvalue weighted by atomic mass is 16.6. The molecule has 3 aliphatic rings. The lowest BCUT2D eigenvalue weighted by atomic mass is 9.77. The maximum Gasteiger partial charge on any atom is 0.306 e. The fraction of sp³-hybridized carbons (Fsp3) is 0.800. The van der Waals surface area contributed by atoms with Crippen LogP contribution in [0.2, 0.25) is 0 Å². The zero-order chi connectivity index (χ0) is 23.8. The third kappa shape index (κ3) is 4.37. The van der Waals surface area contributed by atoms with E-state index in [4.69, 9.17) is 4.74 Å². The van der Waals surface area contributed by atoms with Crippen molar-refractivity contribution in [2.24, 2.45) is 5.41 Å². The predicted octanol–water partition coefficient (Wildman–Crippen LogP) is -3.12. The van der Waals surface area contributed by atoms with Gasteiger partial charge in [-0.3, -0.25) is 24.1 Å². The minimum atomic E-state index is -1.82. The highest BCUT2D eigenvalue weighted by Gasteiger charge is 2.52. The van der Waals surface area contributed by atoms with Gasteiger partial charge in [-0.05, 0) is 19.8 Å². The molecule has 0 radical (unpaired) electrons. The number of ether oxygens (including phenoxy) is 1. The lowest BCUT2D eigenvalue weighted by Crippen LogP contribution is -2.64. The van der Waals surface area contributed by atoms with Crippen LogP contribution in [0.5, 0.6) is 0 Å². The molecule has 3 unspecified atom stereocenters. The van der Waals surface area contributed by atoms with Crippen LogP contribution >= 0.6 is 0 Å². The van der Waals surface area contributed by atoms with Crippen molar-refractivity contribution in [1.82, 2.24) is 9.80 Å². The number of piperidine rings is 1. The monoisotopic (exact) mass is 458 g/mol. The van der Waals surface area contributed by atoms with Crippen molar-refractivity contribution in [2.45, 2.75) is 75.7 Å². The SMILES string of the molecule is CCN1C(=O)CC2(CCN(C(=O)CCC(=O)O[C@@H]3C(O)[C@H](O)C(O)C(O)[C@@H]3O)CC2)C1=O. The second-order valence-electron chi connectivity index (χ2n) is 8.69. The van der Waals surface area contributed by atoms with Crippen LogP contribution in [-0.4, -0.2) is 115 Å². The lowest BCUT2D eigenvalue weighted by molar-refractivity contribution is -0.233. The first-order chi connectivity index (χ1) is 15.0. The van der Waals surface area contributed by atoms with E-state index in [2.05, 4.69) is 0 Å². The van der Waals surface area contributed by atoms with E-state index in [1.54, 1.807) is 6.92 Å². The third-order valence-electron chi connectivity index (χ3n) is 6.76. The molecule has 0 bridgehead atoms. The van der Waals surface area contributed by atoms with Crippen LogP contribution in [0.4, 0.5) is 0 Å². The Balaban J connectivity index is 1.48. The second kappa shape index (κ2) is 9.40. The highest BCUT2D eigenvalue weighted by Crippen LogP contribution is 2.42. The van der Waals surface area contributed by atoms with Crippen molar-refractivity contribution in [2.75, 3.05) is 19.6 Å². The minimum absolute atomic E-state index is 0.145. The maximum absolute atomic E-state index is 12.6. The molecule has 180 valence electrons. The van der Waals surface area contributed by atoms with Gasteiger partial charge in [0.1, 0.15) is 30.5 Å². The number of hydrogen-bond donors (Lipinski definition) is 5. The van der Waals surface area contributed by atoms with Gasteiger partial charge in [0, 0.05) is 32.5 Å². The molecular formula is C20H30N2O10. The molecule has 5 N–H and O–H groups in total. The Morgan fingerprint density at radius 3 is 1.97 bits per heavy atom. The molecule has 12 heteroatoms. The first kappa shape index (κ1) is 24.5. The molecule has 2 aliphatic heterocycles. The summed E-state index contributed by atoms with van der Waals surface area (Å²) >= 11 is 0. The molecule has 0 aromatic heterocycles. The van der Waals surface area contributed by atoms with Crippen LogP contribution in [0.15, 0.2) is 0 Å². The molecule has 2 heterocycles. The number of esters is 1. The zero-order valence-corrected chi connectivity index (χ0v) is 17.8. The van der Waals surface area contributed by atoms with Crippen LogP contribution in [0.3, 0.4) is 0 Å². The van der Waals surface area contributed by atoms with Gasteiger partial charge in [-0.1, -0.05) is 0 Å². The normalized spacial score (nSPS) is 34.8. The Morgan fingerprint density at radius 1 is 0.938 bits per heavy atom. The standard InChI is InChI=1S/C20H30N2O10/c1-2-22-11(24)9-20(19(22)31)5-7-21(8-6-20)10(23)3-4-12(25)32-18-16(29)14(27)13(26)15(28)17(18)30/h13-18,26-30H,2-9H2,1H3/t13?,14-,15?,16?,17+,18-/m1/s1. The molecule has 3 amide bonds. The van der Waals surface area contributed by atoms with Crippen LogP contribution in [0.25, 0.3) is 0 Å². The number of hydrogen-bond acceptors (Lipinski definition) is 10. The van der Waals surface area contributed by atoms with Crippen molar-refractivity contribution in [3.05, 3.63) is 0 Å². The largest absolute Gasteiger partial charge is 0.457 e. The molecule has 1 saturated carbocycles. The van der Waals surface area contributed by atoms with Crippen molar-refractivity contribution in [1.29, 1.82) is 0 Å². The van der Waals surface area contributed by atoms with Crippen molar-refractivity contribution in [3.8, 4) is 0 Å². The smallest absolute Gasteiger partial charge is 0.306 e. The van der Waals surface area contributed by atoms with E-state index in [1.165, 1.54) is 9.80 Å². The lowest BCUT2D eigenvalue weighted by Gasteiger charge is -2.41. The maximum atomic E-state index is 12.6. The summed E-state index contributed by atoms with van der Waals surface area (Å²) in [6, 6.07) is 0. The van der Waals surface area contributed by atoms with Crippen molar-refractivity contribution >= 4 is 23.7 Å². The summed E-state index contributed by atoms with van der Waals surface area (Å²) in [7, 11) is 0. The number of aliphatic hydroxyl groups excluding tert-OH is 5. The molecule has 2 saturated heterocycles. The Hall–Kier alpha value is -2.12. The number of carbonyl (C=O) groups excluding carboxylic acids is 4. The molecule has 3 fully saturated rings. The highest BCUT2D eigenvalue weighted by molar-refractivity contribution is 6.06. The Labute approximate surface area is 184 Å². The van der Waals surface area contributed by atoms with Gasteiger partial charge >= 0.3 is 5.97 Å². The Bertz CT molecular complexity index is 749. The van der Waals surface area contributed by atoms with Gasteiger partial charge in [0.25, 0.3) is 0 Å². The van der Waals surface area contributed by atoms with Crippen molar-refractivity contribution in [3.63, 3.8) is 0 Å². The summed E-state index contributed by atoms with van der Waals surface area (Å²) in [6.45, 7) is 2.62. The Morgan fingerprint density at radius 2 is 1.47 bits per heavy atom. The van der Waals surface area contributed by atoms with Crippen LogP contribution in [0.1, 0.15) is 39.0 Å². The van der Waals surface area contributed by atoms with Gasteiger partial charge < -0.3 is 35.2 Å². The summed E-state index contributed by atoms with van der Waals surface area (Å²) in [5.74, 6) is -1.67. The molecule has 6 atom stereocenters. The molecule has 12 nitrogen and oxygen atoms in total. The fourth-order valence-corrected chi connectivity index (χ4v) is 4.67. The second-order valence-corrected chi connectivity index (χ2v) is 8.69. The molecule has 1 spiro atoms. The average molecular weight is 458 g/mol. The number of amides is 3. The van der Waals surface area contributed by atoms with Gasteiger partial charge in [0.2, 0.25) is 17.7 Å². The zero-order valence-electron chi connectivity index (χ0n) is 17.8. The fourth-order valence-electron chi connectivity index (χ4n) is 4.67. The topological polar surface area (TPSA) is 185 Å². The molecule has 32 heavy (non-hydrogen) atoms. The van der Waals surface area contributed by atoms with E-state index >= 15 is 0 Å². The van der Waals surface area contributed by atoms with Crippen LogP contribution in [-0.2, 0) is 23.9 Å². The van der Waals surface area contributed by atoms with E-state index < -0.39 is 48.0 Å². The number of nitrogens with zero attached hydrogens (tertiary/aromatic N) is 2. The van der Waals surface area contributed by atoms with Gasteiger partial charge in [0.15, 0.2) is 6.10 Å². The number of carbonyl (C=O) groups is 4. The molecule has 3 rings (SSSR count). The van der Waals surface area contributed by atoms with Crippen LogP contribution in [0, 0.1) is 5.41 Å². The molecule has 0 aromatic rings. The van der Waals surface area contributed by atoms with E-state index in [1.807, 2.05) is 0 Å². The summed E-state index contributed by atoms with van der Waals surface area (Å²) in [4.78, 5) is 52.0. The molecule has 1 aliphatic carbocycles. The number of rotatable bonds is 5. The molecule has 0 aromatic carbocycles. The minimum Gasteiger partial charge on any atom is -0.457 e. The van der Waals surface area contributed by atoms with Gasteiger partial charge in [-0.2, -0.15) is 0 Å². The van der Waals surface area contributed by atoms with Gasteiger partial charge in [0.05, 0.1) is 11.8 Å². The summed E-state index contributed by atoms with van der Waals surface area (Å²) < 4.78 is 4.94. The first-order valence-corrected chi connectivity index (χ1v) is 10.7. The summed E-state index contributed by atoms with van der Waals surface area (Å²) in [5.41, 5.74) is -0.762. The summed E-state index contributed by atoms with van der Waals surface area (Å²) in [5, 5.41) is 48.8. The third-order valence-corrected chi connectivity index (χ3v) is 6.76. The predicted molar refractivity (Wildman–Crippen MR) is 104 cm³/mol. The van der Waals surface area contributed by atoms with Crippen LogP contribution < -0.4 is 0 Å². The van der Waals surface area contributed by atoms with E-state index in [0.717, 1.165) is 0 Å². The number of aliphatic hydroxyl groups is 5. The quantitative estimate of drug-likeness (QED) is 0.209. The van der Waals surface area contributed by atoms with E-state index in [-0.39, 0.29) is 50.1 Å². The summed E-state index contributed by atoms with van der Waals surface area (Å²) in [6.07, 6.45) is -10.4. The average Bonchev–Trinajstić information content (AvgIpc) is 3.01. The number of imide groups is 1. The van der Waals surface area contributed by atoms with E-state index in [0.29, 0.717) is 19.4 Å². The van der Waals surface area contributed by atoms with Gasteiger partial charge in [-0.15, -0.1) is 0 Å². The van der Waals surface area contributed by atoms with E-state index in [9.17, 15) is 44.7 Å².